The maximum Gasteiger partial charge on any atom is 0.321 e. The summed E-state index contributed by atoms with van der Waals surface area (Å²) in [6.07, 6.45) is 2.41. The first-order valence-electron chi connectivity index (χ1n) is 8.22. The van der Waals surface area contributed by atoms with E-state index in [9.17, 15) is 14.4 Å². The molecule has 0 radical (unpaired) electrons. The van der Waals surface area contributed by atoms with Crippen LogP contribution in [0.1, 0.15) is 26.0 Å². The standard InChI is InChI=1S/C16H21N5O6S/c1-16(2,5-28-8-27-11(22)3-9(17)14(23)24)15(25)26-4-10-12-13(20-6-18-10)21-7-19-12/h6-7,9H,3-5,8,17H2,1-2H3,(H,23,24)(H,18,19,20,21)/t9-/m1/s1. The van der Waals surface area contributed by atoms with E-state index in [1.807, 2.05) is 0 Å². The molecule has 12 heteroatoms. The van der Waals surface area contributed by atoms with E-state index in [-0.39, 0.29) is 12.5 Å². The van der Waals surface area contributed by atoms with E-state index >= 15 is 0 Å². The Hall–Kier alpha value is -2.73. The van der Waals surface area contributed by atoms with Gasteiger partial charge in [-0.1, -0.05) is 0 Å². The van der Waals surface area contributed by atoms with Crippen LogP contribution < -0.4 is 5.73 Å². The summed E-state index contributed by atoms with van der Waals surface area (Å²) in [7, 11) is 0. The average molecular weight is 411 g/mol. The molecule has 0 spiro atoms. The summed E-state index contributed by atoms with van der Waals surface area (Å²) in [4.78, 5) is 49.4. The number of nitrogens with one attached hydrogen (secondary N) is 1. The molecule has 0 fully saturated rings. The van der Waals surface area contributed by atoms with Gasteiger partial charge in [0.1, 0.15) is 36.1 Å². The van der Waals surface area contributed by atoms with Gasteiger partial charge in [-0.15, -0.1) is 11.8 Å². The highest BCUT2D eigenvalue weighted by Gasteiger charge is 2.30. The first kappa shape index (κ1) is 21.6. The SMILES string of the molecule is CC(C)(CSCOC(=O)C[C@@H](N)C(=O)O)C(=O)OCc1ncnc2nc[nH]c12. The number of rotatable bonds is 10. The van der Waals surface area contributed by atoms with Crippen molar-refractivity contribution < 1.29 is 29.0 Å². The van der Waals surface area contributed by atoms with Gasteiger partial charge in [-0.05, 0) is 13.8 Å². The molecule has 152 valence electrons. The van der Waals surface area contributed by atoms with Gasteiger partial charge in [-0.2, -0.15) is 0 Å². The van der Waals surface area contributed by atoms with Crippen LogP contribution in [-0.4, -0.2) is 60.7 Å². The Morgan fingerprint density at radius 1 is 1.29 bits per heavy atom. The van der Waals surface area contributed by atoms with Crippen LogP contribution in [0.4, 0.5) is 0 Å². The fourth-order valence-electron chi connectivity index (χ4n) is 2.04. The number of aromatic nitrogens is 4. The Morgan fingerprint density at radius 2 is 2.04 bits per heavy atom. The second-order valence-corrected chi connectivity index (χ2v) is 7.45. The molecule has 2 heterocycles. The molecule has 0 saturated carbocycles. The van der Waals surface area contributed by atoms with Gasteiger partial charge in [-0.3, -0.25) is 14.4 Å². The number of carboxylic acid groups (broad SMARTS) is 1. The van der Waals surface area contributed by atoms with E-state index in [0.29, 0.717) is 22.6 Å². The molecule has 28 heavy (non-hydrogen) atoms. The van der Waals surface area contributed by atoms with Crippen molar-refractivity contribution in [3.63, 3.8) is 0 Å². The highest BCUT2D eigenvalue weighted by Crippen LogP contribution is 2.24. The number of esters is 2. The first-order valence-corrected chi connectivity index (χ1v) is 9.38. The maximum atomic E-state index is 12.4. The largest absolute Gasteiger partial charge is 0.480 e. The molecule has 0 unspecified atom stereocenters. The van der Waals surface area contributed by atoms with Crippen LogP contribution in [0.5, 0.6) is 0 Å². The van der Waals surface area contributed by atoms with Crippen molar-refractivity contribution in [2.24, 2.45) is 11.1 Å². The van der Waals surface area contributed by atoms with E-state index in [0.717, 1.165) is 0 Å². The molecule has 0 amide bonds. The maximum absolute atomic E-state index is 12.4. The van der Waals surface area contributed by atoms with Crippen molar-refractivity contribution in [2.45, 2.75) is 32.9 Å². The number of fused-ring (bicyclic) bond motifs is 1. The van der Waals surface area contributed by atoms with E-state index in [1.165, 1.54) is 24.4 Å². The zero-order chi connectivity index (χ0) is 20.7. The van der Waals surface area contributed by atoms with Crippen molar-refractivity contribution >= 4 is 40.8 Å². The Bertz CT molecular complexity index is 855. The number of hydrogen-bond donors (Lipinski definition) is 3. The predicted molar refractivity (Wildman–Crippen MR) is 98.9 cm³/mol. The average Bonchev–Trinajstić information content (AvgIpc) is 3.12. The highest BCUT2D eigenvalue weighted by molar-refractivity contribution is 7.99. The van der Waals surface area contributed by atoms with Crippen LogP contribution in [0.2, 0.25) is 0 Å². The Labute approximate surface area is 164 Å². The quantitative estimate of drug-likeness (QED) is 0.282. The molecule has 1 atom stereocenters. The molecule has 0 bridgehead atoms. The Morgan fingerprint density at radius 3 is 2.75 bits per heavy atom. The number of nitrogens with two attached hydrogens (primary N) is 1. The second kappa shape index (κ2) is 9.46. The molecule has 11 nitrogen and oxygen atoms in total. The summed E-state index contributed by atoms with van der Waals surface area (Å²) >= 11 is 1.20. The fourth-order valence-corrected chi connectivity index (χ4v) is 2.97. The van der Waals surface area contributed by atoms with Crippen LogP contribution in [0, 0.1) is 5.41 Å². The van der Waals surface area contributed by atoms with Gasteiger partial charge in [0.25, 0.3) is 0 Å². The third-order valence-electron chi connectivity index (χ3n) is 3.66. The van der Waals surface area contributed by atoms with E-state index in [4.69, 9.17) is 20.3 Å². The second-order valence-electron chi connectivity index (χ2n) is 6.51. The van der Waals surface area contributed by atoms with Crippen molar-refractivity contribution in [3.05, 3.63) is 18.3 Å². The van der Waals surface area contributed by atoms with Gasteiger partial charge in [0.2, 0.25) is 0 Å². The lowest BCUT2D eigenvalue weighted by atomic mass is 9.97. The van der Waals surface area contributed by atoms with E-state index in [2.05, 4.69) is 19.9 Å². The van der Waals surface area contributed by atoms with Gasteiger partial charge >= 0.3 is 17.9 Å². The lowest BCUT2D eigenvalue weighted by molar-refractivity contribution is -0.154. The van der Waals surface area contributed by atoms with Gasteiger partial charge in [-0.25, -0.2) is 15.0 Å². The summed E-state index contributed by atoms with van der Waals surface area (Å²) in [5.41, 5.74) is 6.03. The number of ether oxygens (including phenoxy) is 2. The van der Waals surface area contributed by atoms with Gasteiger partial charge < -0.3 is 25.3 Å². The first-order chi connectivity index (χ1) is 13.2. The number of carbonyl (C=O) groups is 3. The molecule has 2 aromatic heterocycles. The molecule has 2 rings (SSSR count). The summed E-state index contributed by atoms with van der Waals surface area (Å²) in [6, 6.07) is -1.30. The molecule has 0 aliphatic carbocycles. The zero-order valence-corrected chi connectivity index (χ0v) is 16.2. The van der Waals surface area contributed by atoms with E-state index in [1.54, 1.807) is 13.8 Å². The molecule has 0 aliphatic heterocycles. The van der Waals surface area contributed by atoms with Crippen molar-refractivity contribution in [1.29, 1.82) is 0 Å². The van der Waals surface area contributed by atoms with Gasteiger partial charge in [0.15, 0.2) is 5.65 Å². The van der Waals surface area contributed by atoms with Crippen LogP contribution in [0.25, 0.3) is 11.2 Å². The Balaban J connectivity index is 1.75. The smallest absolute Gasteiger partial charge is 0.321 e. The normalized spacial score (nSPS) is 12.5. The summed E-state index contributed by atoms with van der Waals surface area (Å²) in [5.74, 6) is -2.12. The number of aliphatic carboxylic acids is 1. The molecule has 0 aliphatic rings. The molecule has 0 saturated heterocycles. The number of carbonyl (C=O) groups excluding carboxylic acids is 2. The number of nitrogens with zero attached hydrogens (tertiary/aromatic N) is 3. The predicted octanol–water partition coefficient (Wildman–Crippen LogP) is 0.458. The summed E-state index contributed by atoms with van der Waals surface area (Å²) < 4.78 is 10.3. The summed E-state index contributed by atoms with van der Waals surface area (Å²) in [6.45, 7) is 3.38. The molecule has 4 N–H and O–H groups in total. The monoisotopic (exact) mass is 411 g/mol. The van der Waals surface area contributed by atoms with Crippen LogP contribution >= 0.6 is 11.8 Å². The van der Waals surface area contributed by atoms with Gasteiger partial charge in [0.05, 0.1) is 18.2 Å². The number of thioether (sulfide) groups is 1. The molecular formula is C16H21N5O6S. The molecular weight excluding hydrogens is 390 g/mol. The van der Waals surface area contributed by atoms with Crippen molar-refractivity contribution in [1.82, 2.24) is 19.9 Å². The highest BCUT2D eigenvalue weighted by atomic mass is 32.2. The number of imidazole rings is 1. The third kappa shape index (κ3) is 5.89. The zero-order valence-electron chi connectivity index (χ0n) is 15.4. The number of aromatic amines is 1. The van der Waals surface area contributed by atoms with E-state index < -0.39 is 35.8 Å². The van der Waals surface area contributed by atoms with Crippen LogP contribution in [0.3, 0.4) is 0 Å². The number of H-pyrrole nitrogens is 1. The Kier molecular flexibility index (Phi) is 7.29. The van der Waals surface area contributed by atoms with Gasteiger partial charge in [0, 0.05) is 5.75 Å². The van der Waals surface area contributed by atoms with Crippen LogP contribution in [-0.2, 0) is 30.5 Å². The minimum atomic E-state index is -1.30. The van der Waals surface area contributed by atoms with Crippen molar-refractivity contribution in [3.8, 4) is 0 Å². The third-order valence-corrected chi connectivity index (χ3v) is 4.87. The minimum absolute atomic E-state index is 0.0252. The topological polar surface area (TPSA) is 170 Å². The summed E-state index contributed by atoms with van der Waals surface area (Å²) in [5, 5.41) is 8.65. The fraction of sp³-hybridized carbons (Fsp3) is 0.500. The lowest BCUT2D eigenvalue weighted by Crippen LogP contribution is -2.33. The van der Waals surface area contributed by atoms with Crippen molar-refractivity contribution in [2.75, 3.05) is 11.7 Å². The number of carboxylic acids is 1. The molecule has 2 aromatic rings. The lowest BCUT2D eigenvalue weighted by Gasteiger charge is -2.22. The number of hydrogen-bond acceptors (Lipinski definition) is 10. The molecule has 0 aromatic carbocycles. The van der Waals surface area contributed by atoms with Crippen LogP contribution in [0.15, 0.2) is 12.7 Å². The minimum Gasteiger partial charge on any atom is -0.480 e.